The zero-order valence-electron chi connectivity index (χ0n) is 15.0. The van der Waals surface area contributed by atoms with Gasteiger partial charge in [-0.05, 0) is 26.3 Å². The van der Waals surface area contributed by atoms with Crippen molar-refractivity contribution in [3.05, 3.63) is 34.0 Å². The Kier molecular flexibility index (Phi) is 6.98. The van der Waals surface area contributed by atoms with Crippen molar-refractivity contribution in [2.45, 2.75) is 44.9 Å². The van der Waals surface area contributed by atoms with Crippen LogP contribution in [0.1, 0.15) is 25.6 Å². The summed E-state index contributed by atoms with van der Waals surface area (Å²) in [7, 11) is 0. The molecule has 7 nitrogen and oxygen atoms in total. The first-order chi connectivity index (χ1) is 12.3. The maximum atomic E-state index is 12.7. The second-order valence-corrected chi connectivity index (χ2v) is 7.91. The summed E-state index contributed by atoms with van der Waals surface area (Å²) in [6.07, 6.45) is 2.44. The second-order valence-electron chi connectivity index (χ2n) is 5.85. The molecular formula is C17H22N4O3S2. The number of fused-ring (bicyclic) bond motifs is 1. The zero-order chi connectivity index (χ0) is 19.3. The van der Waals surface area contributed by atoms with E-state index in [9.17, 15) is 14.4 Å². The van der Waals surface area contributed by atoms with Gasteiger partial charge in [-0.25, -0.2) is 9.78 Å². The van der Waals surface area contributed by atoms with Crippen molar-refractivity contribution >= 4 is 45.3 Å². The number of aryl methyl sites for hydroxylation is 1. The van der Waals surface area contributed by atoms with Crippen LogP contribution >= 0.6 is 23.1 Å². The van der Waals surface area contributed by atoms with Gasteiger partial charge in [-0.1, -0.05) is 24.8 Å². The molecule has 2 aromatic rings. The van der Waals surface area contributed by atoms with Crippen LogP contribution < -0.4 is 16.2 Å². The van der Waals surface area contributed by atoms with Crippen molar-refractivity contribution in [2.75, 3.05) is 5.75 Å². The van der Waals surface area contributed by atoms with Crippen molar-refractivity contribution in [1.82, 2.24) is 20.2 Å². The highest BCUT2D eigenvalue weighted by atomic mass is 32.2. The number of hydrogen-bond acceptors (Lipinski definition) is 6. The minimum atomic E-state index is -0.539. The summed E-state index contributed by atoms with van der Waals surface area (Å²) in [5.74, 6) is -0.472. The molecule has 0 aliphatic rings. The van der Waals surface area contributed by atoms with Crippen LogP contribution in [0, 0.1) is 0 Å². The fourth-order valence-electron chi connectivity index (χ4n) is 2.21. The number of carbonyl (C=O) groups is 2. The van der Waals surface area contributed by atoms with Gasteiger partial charge in [-0.2, -0.15) is 0 Å². The number of amides is 3. The predicted molar refractivity (Wildman–Crippen MR) is 106 cm³/mol. The Morgan fingerprint density at radius 2 is 2.19 bits per heavy atom. The van der Waals surface area contributed by atoms with E-state index in [1.54, 1.807) is 19.9 Å². The largest absolute Gasteiger partial charge is 0.336 e. The number of thioether (sulfide) groups is 1. The van der Waals surface area contributed by atoms with Crippen LogP contribution in [0.2, 0.25) is 0 Å². The van der Waals surface area contributed by atoms with Gasteiger partial charge in [-0.3, -0.25) is 19.5 Å². The van der Waals surface area contributed by atoms with E-state index >= 15 is 0 Å². The molecule has 0 aliphatic heterocycles. The SMILES string of the molecule is C=CCn1c(SCC(=O)NC(=O)NC(C)C)nc2sc(CC)cc2c1=O. The van der Waals surface area contributed by atoms with Crippen LogP contribution in [-0.4, -0.2) is 33.3 Å². The van der Waals surface area contributed by atoms with Crippen LogP contribution in [0.25, 0.3) is 10.2 Å². The summed E-state index contributed by atoms with van der Waals surface area (Å²) in [6, 6.07) is 1.26. The van der Waals surface area contributed by atoms with E-state index in [1.165, 1.54) is 15.9 Å². The molecule has 0 bridgehead atoms. The number of allylic oxidation sites excluding steroid dienone is 1. The molecule has 140 valence electrons. The third-order valence-electron chi connectivity index (χ3n) is 3.33. The van der Waals surface area contributed by atoms with Crippen LogP contribution in [-0.2, 0) is 17.8 Å². The number of thiophene rings is 1. The quantitative estimate of drug-likeness (QED) is 0.428. The highest BCUT2D eigenvalue weighted by molar-refractivity contribution is 7.99. The minimum absolute atomic E-state index is 0.0212. The lowest BCUT2D eigenvalue weighted by Gasteiger charge is -2.11. The molecule has 0 saturated carbocycles. The lowest BCUT2D eigenvalue weighted by atomic mass is 10.3. The van der Waals surface area contributed by atoms with Gasteiger partial charge >= 0.3 is 6.03 Å². The normalized spacial score (nSPS) is 10.9. The van der Waals surface area contributed by atoms with Crippen molar-refractivity contribution in [3.8, 4) is 0 Å². The Hall–Kier alpha value is -2.13. The zero-order valence-corrected chi connectivity index (χ0v) is 16.6. The third-order valence-corrected chi connectivity index (χ3v) is 5.48. The summed E-state index contributed by atoms with van der Waals surface area (Å²) < 4.78 is 1.49. The number of imide groups is 1. The standard InChI is InChI=1S/C17H22N4O3S2/c1-5-7-21-15(23)12-8-11(6-2)26-14(12)20-17(21)25-9-13(22)19-16(24)18-10(3)4/h5,8,10H,1,6-7,9H2,2-4H3,(H2,18,19,22,24). The van der Waals surface area contributed by atoms with E-state index in [0.717, 1.165) is 23.1 Å². The molecule has 0 saturated heterocycles. The summed E-state index contributed by atoms with van der Waals surface area (Å²) in [4.78, 5) is 42.5. The van der Waals surface area contributed by atoms with Crippen LogP contribution in [0.3, 0.4) is 0 Å². The van der Waals surface area contributed by atoms with Gasteiger partial charge in [0, 0.05) is 17.5 Å². The summed E-state index contributed by atoms with van der Waals surface area (Å²) in [6.45, 7) is 9.61. The van der Waals surface area contributed by atoms with E-state index in [2.05, 4.69) is 22.2 Å². The molecule has 2 heterocycles. The molecule has 0 fully saturated rings. The van der Waals surface area contributed by atoms with E-state index in [-0.39, 0.29) is 17.4 Å². The van der Waals surface area contributed by atoms with Gasteiger partial charge in [0.1, 0.15) is 4.83 Å². The monoisotopic (exact) mass is 394 g/mol. The topological polar surface area (TPSA) is 93.1 Å². The van der Waals surface area contributed by atoms with E-state index in [0.29, 0.717) is 21.9 Å². The molecule has 0 atom stereocenters. The first-order valence-corrected chi connectivity index (χ1v) is 10.0. The van der Waals surface area contributed by atoms with Crippen molar-refractivity contribution in [1.29, 1.82) is 0 Å². The number of hydrogen-bond donors (Lipinski definition) is 2. The fourth-order valence-corrected chi connectivity index (χ4v) is 4.03. The van der Waals surface area contributed by atoms with Crippen molar-refractivity contribution in [3.63, 3.8) is 0 Å². The highest BCUT2D eigenvalue weighted by Gasteiger charge is 2.16. The van der Waals surface area contributed by atoms with E-state index in [4.69, 9.17) is 0 Å². The Bertz CT molecular complexity index is 886. The van der Waals surface area contributed by atoms with E-state index in [1.807, 2.05) is 13.0 Å². The molecule has 0 spiro atoms. The maximum absolute atomic E-state index is 12.7. The summed E-state index contributed by atoms with van der Waals surface area (Å²) in [5.41, 5.74) is -0.147. The van der Waals surface area contributed by atoms with Crippen molar-refractivity contribution < 1.29 is 9.59 Å². The average molecular weight is 395 g/mol. The Morgan fingerprint density at radius 3 is 2.81 bits per heavy atom. The number of nitrogens with one attached hydrogen (secondary N) is 2. The molecule has 26 heavy (non-hydrogen) atoms. The molecule has 3 amide bonds. The lowest BCUT2D eigenvalue weighted by Crippen LogP contribution is -2.43. The minimum Gasteiger partial charge on any atom is -0.336 e. The van der Waals surface area contributed by atoms with Crippen LogP contribution in [0.5, 0.6) is 0 Å². The summed E-state index contributed by atoms with van der Waals surface area (Å²) in [5, 5.41) is 5.86. The van der Waals surface area contributed by atoms with Crippen LogP contribution in [0.15, 0.2) is 28.7 Å². The van der Waals surface area contributed by atoms with Gasteiger partial charge < -0.3 is 5.32 Å². The van der Waals surface area contributed by atoms with Gasteiger partial charge in [0.25, 0.3) is 5.56 Å². The molecule has 9 heteroatoms. The number of urea groups is 1. The third kappa shape index (κ3) is 4.95. The lowest BCUT2D eigenvalue weighted by molar-refractivity contribution is -0.117. The molecular weight excluding hydrogens is 372 g/mol. The van der Waals surface area contributed by atoms with Crippen molar-refractivity contribution in [2.24, 2.45) is 0 Å². The maximum Gasteiger partial charge on any atom is 0.321 e. The summed E-state index contributed by atoms with van der Waals surface area (Å²) >= 11 is 2.60. The predicted octanol–water partition coefficient (Wildman–Crippen LogP) is 2.53. The smallest absolute Gasteiger partial charge is 0.321 e. The number of aromatic nitrogens is 2. The Morgan fingerprint density at radius 1 is 1.46 bits per heavy atom. The van der Waals surface area contributed by atoms with Gasteiger partial charge in [0.2, 0.25) is 5.91 Å². The second kappa shape index (κ2) is 9.00. The highest BCUT2D eigenvalue weighted by Crippen LogP contribution is 2.25. The average Bonchev–Trinajstić information content (AvgIpc) is 2.98. The molecule has 0 aromatic carbocycles. The van der Waals surface area contributed by atoms with Crippen LogP contribution in [0.4, 0.5) is 4.79 Å². The van der Waals surface area contributed by atoms with E-state index < -0.39 is 11.9 Å². The number of carbonyl (C=O) groups excluding carboxylic acids is 2. The number of rotatable bonds is 7. The molecule has 0 aliphatic carbocycles. The fraction of sp³-hybridized carbons (Fsp3) is 0.412. The molecule has 0 unspecified atom stereocenters. The Balaban J connectivity index is 2.21. The molecule has 2 N–H and O–H groups in total. The van der Waals surface area contributed by atoms with Gasteiger partial charge in [0.15, 0.2) is 5.16 Å². The van der Waals surface area contributed by atoms with Gasteiger partial charge in [0.05, 0.1) is 11.1 Å². The first kappa shape index (κ1) is 20.2. The molecule has 2 rings (SSSR count). The first-order valence-electron chi connectivity index (χ1n) is 8.23. The Labute approximate surface area is 159 Å². The van der Waals surface area contributed by atoms with Gasteiger partial charge in [-0.15, -0.1) is 17.9 Å². The molecule has 0 radical (unpaired) electrons. The number of nitrogens with zero attached hydrogens (tertiary/aromatic N) is 2. The molecule has 2 aromatic heterocycles.